The number of nitrogens with zero attached hydrogens (tertiary/aromatic N) is 5. The molecule has 2 aromatic rings. The molecular weight excluding hydrogens is 382 g/mol. The molecule has 1 amide bonds. The van der Waals surface area contributed by atoms with Crippen LogP contribution in [0.15, 0.2) is 35.5 Å². The Kier molecular flexibility index (Phi) is 6.25. The molecule has 1 aromatic heterocycles. The number of benzene rings is 1. The van der Waals surface area contributed by atoms with Crippen molar-refractivity contribution in [3.63, 3.8) is 0 Å². The fraction of sp³-hybridized carbons (Fsp3) is 0.591. The predicted octanol–water partition coefficient (Wildman–Crippen LogP) is 3.82. The first-order chi connectivity index (χ1) is 14.1. The molecule has 0 N–H and O–H groups in total. The average molecular weight is 414 g/mol. The van der Waals surface area contributed by atoms with Crippen LogP contribution in [0.2, 0.25) is 0 Å². The average Bonchev–Trinajstić information content (AvgIpc) is 3.36. The van der Waals surface area contributed by atoms with Crippen LogP contribution in [0.5, 0.6) is 0 Å². The van der Waals surface area contributed by atoms with E-state index >= 15 is 0 Å². The van der Waals surface area contributed by atoms with Gasteiger partial charge in [0, 0.05) is 19.6 Å². The van der Waals surface area contributed by atoms with Crippen LogP contribution in [0.4, 0.5) is 0 Å². The third-order valence-electron chi connectivity index (χ3n) is 6.42. The lowest BCUT2D eigenvalue weighted by Crippen LogP contribution is -2.48. The van der Waals surface area contributed by atoms with Crippen molar-refractivity contribution in [1.29, 1.82) is 0 Å². The molecule has 2 aliphatic rings. The maximum absolute atomic E-state index is 14.0. The van der Waals surface area contributed by atoms with Crippen molar-refractivity contribution >= 4 is 17.7 Å². The van der Waals surface area contributed by atoms with Gasteiger partial charge in [0.15, 0.2) is 11.0 Å². The van der Waals surface area contributed by atoms with Gasteiger partial charge in [0.1, 0.15) is 6.04 Å². The van der Waals surface area contributed by atoms with E-state index in [4.69, 9.17) is 0 Å². The fourth-order valence-electron chi connectivity index (χ4n) is 4.87. The maximum Gasteiger partial charge on any atom is 0.245 e. The molecule has 0 aliphatic carbocycles. The second-order valence-electron chi connectivity index (χ2n) is 8.19. The molecule has 2 fully saturated rings. The van der Waals surface area contributed by atoms with Gasteiger partial charge in [0.25, 0.3) is 0 Å². The highest BCUT2D eigenvalue weighted by Crippen LogP contribution is 2.37. The van der Waals surface area contributed by atoms with Crippen molar-refractivity contribution in [2.45, 2.75) is 62.3 Å². The van der Waals surface area contributed by atoms with Gasteiger partial charge in [-0.05, 0) is 51.0 Å². The minimum atomic E-state index is -0.222. The SMILES string of the molecule is CSc1nnc([C@@H]2CCCN2C(=O)[C@H](c2ccccc2)N2CCCC[C@H]2C)n1C. The number of hydrogen-bond donors (Lipinski definition) is 0. The number of hydrogen-bond acceptors (Lipinski definition) is 5. The van der Waals surface area contributed by atoms with E-state index in [2.05, 4.69) is 39.1 Å². The van der Waals surface area contributed by atoms with Gasteiger partial charge in [-0.3, -0.25) is 9.69 Å². The molecule has 29 heavy (non-hydrogen) atoms. The Morgan fingerprint density at radius 3 is 2.59 bits per heavy atom. The summed E-state index contributed by atoms with van der Waals surface area (Å²) in [5, 5.41) is 9.64. The van der Waals surface area contributed by atoms with Gasteiger partial charge < -0.3 is 9.47 Å². The van der Waals surface area contributed by atoms with Gasteiger partial charge in [-0.2, -0.15) is 0 Å². The van der Waals surface area contributed by atoms with Gasteiger partial charge in [0.05, 0.1) is 6.04 Å². The molecule has 0 saturated carbocycles. The molecule has 2 aliphatic heterocycles. The zero-order valence-electron chi connectivity index (χ0n) is 17.6. The minimum Gasteiger partial charge on any atom is -0.331 e. The summed E-state index contributed by atoms with van der Waals surface area (Å²) in [4.78, 5) is 18.5. The topological polar surface area (TPSA) is 54.3 Å². The highest BCUT2D eigenvalue weighted by Gasteiger charge is 2.40. The van der Waals surface area contributed by atoms with E-state index in [0.29, 0.717) is 6.04 Å². The standard InChI is InChI=1S/C22H31N5OS/c1-16-10-7-8-14-26(16)19(17-11-5-4-6-12-17)21(28)27-15-9-13-18(27)20-23-24-22(29-3)25(20)2/h4-6,11-12,16,18-19H,7-10,13-15H2,1-3H3/t16-,18+,19+/m1/s1. The molecule has 3 atom stereocenters. The highest BCUT2D eigenvalue weighted by atomic mass is 32.2. The van der Waals surface area contributed by atoms with Crippen LogP contribution in [-0.2, 0) is 11.8 Å². The van der Waals surface area contributed by atoms with Crippen LogP contribution >= 0.6 is 11.8 Å². The van der Waals surface area contributed by atoms with Crippen molar-refractivity contribution in [2.24, 2.45) is 7.05 Å². The Labute approximate surface area is 177 Å². The summed E-state index contributed by atoms with van der Waals surface area (Å²) in [5.41, 5.74) is 1.10. The normalized spacial score (nSPS) is 24.0. The second kappa shape index (κ2) is 8.88. The Morgan fingerprint density at radius 2 is 1.90 bits per heavy atom. The smallest absolute Gasteiger partial charge is 0.245 e. The molecule has 1 aromatic carbocycles. The molecule has 0 unspecified atom stereocenters. The molecule has 2 saturated heterocycles. The molecular formula is C22H31N5OS. The summed E-state index contributed by atoms with van der Waals surface area (Å²) in [5.74, 6) is 1.11. The monoisotopic (exact) mass is 413 g/mol. The third-order valence-corrected chi connectivity index (χ3v) is 7.14. The van der Waals surface area contributed by atoms with Gasteiger partial charge >= 0.3 is 0 Å². The summed E-state index contributed by atoms with van der Waals surface area (Å²) in [6, 6.07) is 10.5. The lowest BCUT2D eigenvalue weighted by atomic mass is 9.96. The summed E-state index contributed by atoms with van der Waals surface area (Å²) in [6.45, 7) is 4.03. The summed E-state index contributed by atoms with van der Waals surface area (Å²) < 4.78 is 2.04. The van der Waals surface area contributed by atoms with Gasteiger partial charge in [-0.25, -0.2) is 0 Å². The Hall–Kier alpha value is -1.86. The highest BCUT2D eigenvalue weighted by molar-refractivity contribution is 7.98. The van der Waals surface area contributed by atoms with Crippen molar-refractivity contribution in [2.75, 3.05) is 19.3 Å². The van der Waals surface area contributed by atoms with E-state index in [0.717, 1.165) is 55.3 Å². The van der Waals surface area contributed by atoms with Crippen LogP contribution < -0.4 is 0 Å². The summed E-state index contributed by atoms with van der Waals surface area (Å²) in [7, 11) is 2.00. The molecule has 156 valence electrons. The molecule has 7 heteroatoms. The lowest BCUT2D eigenvalue weighted by molar-refractivity contribution is -0.140. The number of thioether (sulfide) groups is 1. The van der Waals surface area contributed by atoms with Crippen molar-refractivity contribution in [1.82, 2.24) is 24.6 Å². The number of likely N-dealkylation sites (tertiary alicyclic amines) is 2. The number of rotatable bonds is 5. The zero-order chi connectivity index (χ0) is 20.4. The van der Waals surface area contributed by atoms with Crippen molar-refractivity contribution < 1.29 is 4.79 Å². The Bertz CT molecular complexity index is 839. The first-order valence-electron chi connectivity index (χ1n) is 10.7. The number of aromatic nitrogens is 3. The Balaban J connectivity index is 1.67. The predicted molar refractivity (Wildman–Crippen MR) is 116 cm³/mol. The maximum atomic E-state index is 14.0. The number of amides is 1. The molecule has 3 heterocycles. The third kappa shape index (κ3) is 3.94. The van der Waals surface area contributed by atoms with E-state index in [1.54, 1.807) is 11.8 Å². The van der Waals surface area contributed by atoms with Crippen molar-refractivity contribution in [3.05, 3.63) is 41.7 Å². The van der Waals surface area contributed by atoms with E-state index in [1.165, 1.54) is 6.42 Å². The lowest BCUT2D eigenvalue weighted by Gasteiger charge is -2.41. The van der Waals surface area contributed by atoms with E-state index in [1.807, 2.05) is 36.1 Å². The van der Waals surface area contributed by atoms with E-state index < -0.39 is 0 Å². The fourth-order valence-corrected chi connectivity index (χ4v) is 5.36. The molecule has 0 bridgehead atoms. The number of carbonyl (C=O) groups is 1. The minimum absolute atomic E-state index is 0.00667. The van der Waals surface area contributed by atoms with Crippen molar-refractivity contribution in [3.8, 4) is 0 Å². The van der Waals surface area contributed by atoms with Crippen LogP contribution in [0.1, 0.15) is 62.5 Å². The van der Waals surface area contributed by atoms with Gasteiger partial charge in [-0.1, -0.05) is 48.5 Å². The van der Waals surface area contributed by atoms with Gasteiger partial charge in [-0.15, -0.1) is 10.2 Å². The first-order valence-corrected chi connectivity index (χ1v) is 11.9. The summed E-state index contributed by atoms with van der Waals surface area (Å²) in [6.07, 6.45) is 7.52. The summed E-state index contributed by atoms with van der Waals surface area (Å²) >= 11 is 1.59. The largest absolute Gasteiger partial charge is 0.331 e. The van der Waals surface area contributed by atoms with Crippen LogP contribution in [0.25, 0.3) is 0 Å². The zero-order valence-corrected chi connectivity index (χ0v) is 18.4. The molecule has 4 rings (SSSR count). The molecule has 0 radical (unpaired) electrons. The number of carbonyl (C=O) groups excluding carboxylic acids is 1. The number of piperidine rings is 1. The molecule has 6 nitrogen and oxygen atoms in total. The first kappa shape index (κ1) is 20.4. The van der Waals surface area contributed by atoms with Crippen LogP contribution in [0, 0.1) is 0 Å². The van der Waals surface area contributed by atoms with E-state index in [-0.39, 0.29) is 18.0 Å². The van der Waals surface area contributed by atoms with E-state index in [9.17, 15) is 4.79 Å². The quantitative estimate of drug-likeness (QED) is 0.698. The van der Waals surface area contributed by atoms with Gasteiger partial charge in [0.2, 0.25) is 5.91 Å². The van der Waals surface area contributed by atoms with Crippen LogP contribution in [0.3, 0.4) is 0 Å². The molecule has 0 spiro atoms. The second-order valence-corrected chi connectivity index (χ2v) is 8.96. The van der Waals surface area contributed by atoms with Crippen LogP contribution in [-0.4, -0.2) is 55.9 Å². The Morgan fingerprint density at radius 1 is 1.10 bits per heavy atom.